The summed E-state index contributed by atoms with van der Waals surface area (Å²) in [5, 5.41) is 8.72. The average Bonchev–Trinajstić information content (AvgIpc) is 2.46. The number of aliphatic carboxylic acids is 1. The van der Waals surface area contributed by atoms with Crippen molar-refractivity contribution in [3.63, 3.8) is 0 Å². The van der Waals surface area contributed by atoms with Gasteiger partial charge in [-0.2, -0.15) is 0 Å². The van der Waals surface area contributed by atoms with Crippen molar-refractivity contribution in [3.05, 3.63) is 65.2 Å². The molecule has 21 heavy (non-hydrogen) atoms. The Hall–Kier alpha value is -2.29. The van der Waals surface area contributed by atoms with Crippen LogP contribution in [-0.2, 0) is 17.8 Å². The third-order valence-electron chi connectivity index (χ3n) is 3.33. The first-order valence-electron chi connectivity index (χ1n) is 7.07. The predicted octanol–water partition coefficient (Wildman–Crippen LogP) is 4.02. The highest BCUT2D eigenvalue weighted by molar-refractivity contribution is 5.70. The molecule has 0 amide bonds. The van der Waals surface area contributed by atoms with Crippen molar-refractivity contribution in [2.24, 2.45) is 0 Å². The van der Waals surface area contributed by atoms with E-state index in [9.17, 15) is 4.79 Å². The lowest BCUT2D eigenvalue weighted by Crippen LogP contribution is -2.01. The molecule has 0 unspecified atom stereocenters. The van der Waals surface area contributed by atoms with Gasteiger partial charge in [-0.25, -0.2) is 0 Å². The Balaban J connectivity index is 1.91. The summed E-state index contributed by atoms with van der Waals surface area (Å²) < 4.78 is 5.73. The Kier molecular flexibility index (Phi) is 4.99. The molecule has 1 N–H and O–H groups in total. The monoisotopic (exact) mass is 284 g/mol. The van der Waals surface area contributed by atoms with E-state index in [1.807, 2.05) is 36.4 Å². The number of rotatable bonds is 6. The molecule has 0 aromatic heterocycles. The maximum Gasteiger partial charge on any atom is 0.307 e. The molecule has 0 aliphatic carbocycles. The van der Waals surface area contributed by atoms with Crippen LogP contribution in [0, 0.1) is 0 Å². The zero-order chi connectivity index (χ0) is 15.2. The molecular formula is C18H20O3. The number of carbonyl (C=O) groups is 1. The fraction of sp³-hybridized carbons (Fsp3) is 0.278. The molecule has 0 aliphatic heterocycles. The zero-order valence-electron chi connectivity index (χ0n) is 12.4. The molecule has 2 rings (SSSR count). The van der Waals surface area contributed by atoms with Gasteiger partial charge in [0.15, 0.2) is 0 Å². The SMILES string of the molecule is CC(C)c1ccc(OCc2ccc(CC(=O)O)cc2)cc1. The predicted molar refractivity (Wildman–Crippen MR) is 82.6 cm³/mol. The lowest BCUT2D eigenvalue weighted by molar-refractivity contribution is -0.136. The molecule has 2 aromatic rings. The first kappa shape index (κ1) is 15.1. The van der Waals surface area contributed by atoms with Gasteiger partial charge in [-0.15, -0.1) is 0 Å². The Morgan fingerprint density at radius 1 is 1.00 bits per heavy atom. The van der Waals surface area contributed by atoms with Crippen molar-refractivity contribution in [2.75, 3.05) is 0 Å². The molecule has 0 saturated carbocycles. The summed E-state index contributed by atoms with van der Waals surface area (Å²) in [6.07, 6.45) is 0.0534. The summed E-state index contributed by atoms with van der Waals surface area (Å²) >= 11 is 0. The molecule has 0 heterocycles. The van der Waals surface area contributed by atoms with Crippen molar-refractivity contribution < 1.29 is 14.6 Å². The van der Waals surface area contributed by atoms with Gasteiger partial charge in [0.25, 0.3) is 0 Å². The number of carboxylic acid groups (broad SMARTS) is 1. The van der Waals surface area contributed by atoms with Crippen LogP contribution in [-0.4, -0.2) is 11.1 Å². The maximum atomic E-state index is 10.6. The molecule has 0 bridgehead atoms. The average molecular weight is 284 g/mol. The van der Waals surface area contributed by atoms with Gasteiger partial charge in [0.1, 0.15) is 12.4 Å². The first-order valence-corrected chi connectivity index (χ1v) is 7.07. The summed E-state index contributed by atoms with van der Waals surface area (Å²) in [5.74, 6) is 0.541. The summed E-state index contributed by atoms with van der Waals surface area (Å²) in [6.45, 7) is 4.80. The molecule has 3 heteroatoms. The van der Waals surface area contributed by atoms with Crippen LogP contribution in [0.15, 0.2) is 48.5 Å². The normalized spacial score (nSPS) is 10.6. The van der Waals surface area contributed by atoms with Crippen molar-refractivity contribution in [1.82, 2.24) is 0 Å². The van der Waals surface area contributed by atoms with E-state index in [0.29, 0.717) is 12.5 Å². The summed E-state index contributed by atoms with van der Waals surface area (Å²) in [6, 6.07) is 15.6. The third kappa shape index (κ3) is 4.63. The lowest BCUT2D eigenvalue weighted by atomic mass is 10.0. The highest BCUT2D eigenvalue weighted by Gasteiger charge is 2.02. The molecule has 0 spiro atoms. The zero-order valence-corrected chi connectivity index (χ0v) is 12.4. The number of ether oxygens (including phenoxy) is 1. The van der Waals surface area contributed by atoms with Crippen LogP contribution in [0.3, 0.4) is 0 Å². The fourth-order valence-corrected chi connectivity index (χ4v) is 2.04. The Bertz CT molecular complexity index is 583. The Morgan fingerprint density at radius 2 is 1.57 bits per heavy atom. The molecule has 2 aromatic carbocycles. The standard InChI is InChI=1S/C18H20O3/c1-13(2)16-7-9-17(10-8-16)21-12-15-5-3-14(4-6-15)11-18(19)20/h3-10,13H,11-12H2,1-2H3,(H,19,20). The van der Waals surface area contributed by atoms with Gasteiger partial charge in [0.2, 0.25) is 0 Å². The van der Waals surface area contributed by atoms with Gasteiger partial charge >= 0.3 is 5.97 Å². The summed E-state index contributed by atoms with van der Waals surface area (Å²) in [5.41, 5.74) is 3.12. The van der Waals surface area contributed by atoms with Crippen LogP contribution >= 0.6 is 0 Å². The van der Waals surface area contributed by atoms with Gasteiger partial charge < -0.3 is 9.84 Å². The van der Waals surface area contributed by atoms with Crippen LogP contribution in [0.2, 0.25) is 0 Å². The second kappa shape index (κ2) is 6.93. The first-order chi connectivity index (χ1) is 10.0. The van der Waals surface area contributed by atoms with Crippen LogP contribution in [0.1, 0.15) is 36.5 Å². The van der Waals surface area contributed by atoms with Gasteiger partial charge in [-0.1, -0.05) is 50.2 Å². The number of hydrogen-bond acceptors (Lipinski definition) is 2. The minimum atomic E-state index is -0.816. The summed E-state index contributed by atoms with van der Waals surface area (Å²) in [4.78, 5) is 10.6. The highest BCUT2D eigenvalue weighted by atomic mass is 16.5. The largest absolute Gasteiger partial charge is 0.489 e. The second-order valence-corrected chi connectivity index (χ2v) is 5.40. The molecule has 3 nitrogen and oxygen atoms in total. The van der Waals surface area contributed by atoms with E-state index in [1.165, 1.54) is 5.56 Å². The molecule has 0 saturated heterocycles. The second-order valence-electron chi connectivity index (χ2n) is 5.40. The Morgan fingerprint density at radius 3 is 2.10 bits per heavy atom. The minimum absolute atomic E-state index is 0.0534. The summed E-state index contributed by atoms with van der Waals surface area (Å²) in [7, 11) is 0. The number of hydrogen-bond donors (Lipinski definition) is 1. The van der Waals surface area contributed by atoms with Crippen molar-refractivity contribution in [1.29, 1.82) is 0 Å². The number of benzene rings is 2. The van der Waals surface area contributed by atoms with Gasteiger partial charge in [-0.3, -0.25) is 4.79 Å². The molecule has 0 radical (unpaired) electrons. The lowest BCUT2D eigenvalue weighted by Gasteiger charge is -2.09. The molecule has 110 valence electrons. The fourth-order valence-electron chi connectivity index (χ4n) is 2.04. The van der Waals surface area contributed by atoms with Gasteiger partial charge in [0.05, 0.1) is 6.42 Å². The molecular weight excluding hydrogens is 264 g/mol. The van der Waals surface area contributed by atoms with Crippen LogP contribution in [0.4, 0.5) is 0 Å². The van der Waals surface area contributed by atoms with E-state index >= 15 is 0 Å². The van der Waals surface area contributed by atoms with Crippen LogP contribution < -0.4 is 4.74 Å². The van der Waals surface area contributed by atoms with Crippen LogP contribution in [0.25, 0.3) is 0 Å². The van der Waals surface area contributed by atoms with E-state index in [-0.39, 0.29) is 6.42 Å². The maximum absolute atomic E-state index is 10.6. The van der Waals surface area contributed by atoms with Crippen molar-refractivity contribution in [3.8, 4) is 5.75 Å². The smallest absolute Gasteiger partial charge is 0.307 e. The van der Waals surface area contributed by atoms with Gasteiger partial charge in [0, 0.05) is 0 Å². The van der Waals surface area contributed by atoms with Crippen molar-refractivity contribution in [2.45, 2.75) is 32.8 Å². The van der Waals surface area contributed by atoms with E-state index in [4.69, 9.17) is 9.84 Å². The van der Waals surface area contributed by atoms with E-state index in [1.54, 1.807) is 0 Å². The molecule has 0 fully saturated rings. The molecule has 0 aliphatic rings. The Labute approximate surface area is 125 Å². The van der Waals surface area contributed by atoms with E-state index in [2.05, 4.69) is 26.0 Å². The van der Waals surface area contributed by atoms with E-state index in [0.717, 1.165) is 16.9 Å². The van der Waals surface area contributed by atoms with Crippen molar-refractivity contribution >= 4 is 5.97 Å². The van der Waals surface area contributed by atoms with Crippen LogP contribution in [0.5, 0.6) is 5.75 Å². The topological polar surface area (TPSA) is 46.5 Å². The molecule has 0 atom stereocenters. The minimum Gasteiger partial charge on any atom is -0.489 e. The highest BCUT2D eigenvalue weighted by Crippen LogP contribution is 2.19. The van der Waals surface area contributed by atoms with Gasteiger partial charge in [-0.05, 0) is 34.7 Å². The number of carboxylic acids is 1. The third-order valence-corrected chi connectivity index (χ3v) is 3.33. The quantitative estimate of drug-likeness (QED) is 0.871. The van der Waals surface area contributed by atoms with E-state index < -0.39 is 5.97 Å².